The van der Waals surface area contributed by atoms with Crippen molar-refractivity contribution in [3.05, 3.63) is 78.1 Å². The second-order valence-electron chi connectivity index (χ2n) is 5.93. The summed E-state index contributed by atoms with van der Waals surface area (Å²) in [7, 11) is 0. The summed E-state index contributed by atoms with van der Waals surface area (Å²) in [5, 5.41) is 2.50. The summed E-state index contributed by atoms with van der Waals surface area (Å²) in [5.74, 6) is 0.884. The Labute approximate surface area is 153 Å². The largest absolute Gasteiger partial charge is 0.468 e. The molecule has 0 fully saturated rings. The summed E-state index contributed by atoms with van der Waals surface area (Å²) in [6, 6.07) is 11.6. The van der Waals surface area contributed by atoms with E-state index in [1.165, 1.54) is 24.7 Å². The quantitative estimate of drug-likeness (QED) is 0.656. The van der Waals surface area contributed by atoms with Gasteiger partial charge in [-0.05, 0) is 42.5 Å². The van der Waals surface area contributed by atoms with Gasteiger partial charge in [0.2, 0.25) is 5.91 Å². The molecule has 2 aromatic heterocycles. The van der Waals surface area contributed by atoms with Crippen LogP contribution < -0.4 is 5.32 Å². The average molecular weight is 378 g/mol. The number of amides is 1. The molecule has 0 radical (unpaired) electrons. The molecule has 0 atom stereocenters. The number of hydrogen-bond donors (Lipinski definition) is 1. The summed E-state index contributed by atoms with van der Waals surface area (Å²) >= 11 is 0. The van der Waals surface area contributed by atoms with Crippen molar-refractivity contribution >= 4 is 11.6 Å². The van der Waals surface area contributed by atoms with Crippen molar-refractivity contribution in [2.45, 2.75) is 19.3 Å². The van der Waals surface area contributed by atoms with Gasteiger partial charge in [-0.15, -0.1) is 0 Å². The summed E-state index contributed by atoms with van der Waals surface area (Å²) in [6.07, 6.45) is -1.41. The van der Waals surface area contributed by atoms with Gasteiger partial charge >= 0.3 is 6.18 Å². The fourth-order valence-corrected chi connectivity index (χ4v) is 2.59. The minimum Gasteiger partial charge on any atom is -0.468 e. The number of alkyl halides is 3. The van der Waals surface area contributed by atoms with Crippen LogP contribution in [0.2, 0.25) is 0 Å². The van der Waals surface area contributed by atoms with E-state index < -0.39 is 17.6 Å². The molecule has 0 spiro atoms. The Morgan fingerprint density at radius 1 is 0.963 bits per heavy atom. The first-order chi connectivity index (χ1) is 12.9. The van der Waals surface area contributed by atoms with Gasteiger partial charge < -0.3 is 14.2 Å². The molecule has 0 saturated carbocycles. The summed E-state index contributed by atoms with van der Waals surface area (Å²) in [6.45, 7) is 0.658. The highest BCUT2D eigenvalue weighted by Gasteiger charge is 2.30. The molecule has 0 saturated heterocycles. The predicted octanol–water partition coefficient (Wildman–Crippen LogP) is 4.53. The zero-order valence-electron chi connectivity index (χ0n) is 14.2. The van der Waals surface area contributed by atoms with E-state index in [0.717, 1.165) is 12.1 Å². The number of nitrogens with one attached hydrogen (secondary N) is 1. The van der Waals surface area contributed by atoms with Crippen LogP contribution in [0.4, 0.5) is 18.9 Å². The number of rotatable bonds is 7. The number of nitrogens with zero attached hydrogens (tertiary/aromatic N) is 1. The molecule has 1 amide bonds. The van der Waals surface area contributed by atoms with Gasteiger partial charge in [-0.25, -0.2) is 0 Å². The van der Waals surface area contributed by atoms with E-state index in [-0.39, 0.29) is 12.2 Å². The Morgan fingerprint density at radius 2 is 1.59 bits per heavy atom. The Balaban J connectivity index is 1.66. The van der Waals surface area contributed by atoms with Crippen molar-refractivity contribution in [1.82, 2.24) is 4.90 Å². The SMILES string of the molecule is O=C(CN(Cc1ccco1)Cc1ccco1)Nc1cccc(C(F)(F)F)c1. The van der Waals surface area contributed by atoms with Gasteiger partial charge in [0.15, 0.2) is 0 Å². The molecule has 1 N–H and O–H groups in total. The number of furan rings is 2. The Morgan fingerprint density at radius 3 is 2.11 bits per heavy atom. The lowest BCUT2D eigenvalue weighted by atomic mass is 10.2. The monoisotopic (exact) mass is 378 g/mol. The van der Waals surface area contributed by atoms with Gasteiger partial charge in [0.25, 0.3) is 0 Å². The molecule has 2 heterocycles. The van der Waals surface area contributed by atoms with Crippen LogP contribution in [0.1, 0.15) is 17.1 Å². The van der Waals surface area contributed by atoms with Crippen LogP contribution in [-0.2, 0) is 24.1 Å². The topological polar surface area (TPSA) is 58.6 Å². The van der Waals surface area contributed by atoms with Gasteiger partial charge in [-0.2, -0.15) is 13.2 Å². The van der Waals surface area contributed by atoms with E-state index in [2.05, 4.69) is 5.32 Å². The smallest absolute Gasteiger partial charge is 0.416 e. The van der Waals surface area contributed by atoms with Gasteiger partial charge in [0.1, 0.15) is 11.5 Å². The molecule has 3 aromatic rings. The standard InChI is InChI=1S/C19H17F3N2O3/c20-19(21,22)14-4-1-5-15(10-14)23-18(25)13-24(11-16-6-2-8-26-16)12-17-7-3-9-27-17/h1-10H,11-13H2,(H,23,25). The zero-order valence-corrected chi connectivity index (χ0v) is 14.2. The second kappa shape index (κ2) is 8.13. The summed E-state index contributed by atoms with van der Waals surface area (Å²) in [5.41, 5.74) is -0.728. The van der Waals surface area contributed by atoms with Crippen molar-refractivity contribution in [2.75, 3.05) is 11.9 Å². The van der Waals surface area contributed by atoms with Crippen LogP contribution in [-0.4, -0.2) is 17.4 Å². The molecule has 3 rings (SSSR count). The van der Waals surface area contributed by atoms with E-state index in [9.17, 15) is 18.0 Å². The van der Waals surface area contributed by atoms with Crippen LogP contribution in [0, 0.1) is 0 Å². The normalized spacial score (nSPS) is 11.7. The molecule has 142 valence electrons. The van der Waals surface area contributed by atoms with Gasteiger partial charge in [0.05, 0.1) is 37.7 Å². The molecule has 27 heavy (non-hydrogen) atoms. The number of halogens is 3. The van der Waals surface area contributed by atoms with Crippen LogP contribution in [0.25, 0.3) is 0 Å². The second-order valence-corrected chi connectivity index (χ2v) is 5.93. The first-order valence-corrected chi connectivity index (χ1v) is 8.14. The molecule has 5 nitrogen and oxygen atoms in total. The highest BCUT2D eigenvalue weighted by molar-refractivity contribution is 5.92. The van der Waals surface area contributed by atoms with Crippen LogP contribution >= 0.6 is 0 Å². The minimum absolute atomic E-state index is 0.0440. The molecular weight excluding hydrogens is 361 g/mol. The van der Waals surface area contributed by atoms with Gasteiger partial charge in [0, 0.05) is 5.69 Å². The number of carbonyl (C=O) groups is 1. The van der Waals surface area contributed by atoms with E-state index in [1.54, 1.807) is 29.2 Å². The summed E-state index contributed by atoms with van der Waals surface area (Å²) in [4.78, 5) is 14.1. The maximum atomic E-state index is 12.8. The average Bonchev–Trinajstić information content (AvgIpc) is 3.28. The molecule has 0 aliphatic heterocycles. The number of anilines is 1. The van der Waals surface area contributed by atoms with E-state index in [0.29, 0.717) is 24.6 Å². The molecule has 0 aliphatic rings. The van der Waals surface area contributed by atoms with Crippen LogP contribution in [0.5, 0.6) is 0 Å². The molecular formula is C19H17F3N2O3. The first-order valence-electron chi connectivity index (χ1n) is 8.14. The highest BCUT2D eigenvalue weighted by atomic mass is 19.4. The summed E-state index contributed by atoms with van der Waals surface area (Å²) < 4.78 is 49.0. The Kier molecular flexibility index (Phi) is 5.66. The lowest BCUT2D eigenvalue weighted by Crippen LogP contribution is -2.32. The maximum absolute atomic E-state index is 12.8. The van der Waals surface area contributed by atoms with E-state index >= 15 is 0 Å². The van der Waals surface area contributed by atoms with Crippen LogP contribution in [0.15, 0.2) is 69.9 Å². The predicted molar refractivity (Wildman–Crippen MR) is 91.6 cm³/mol. The third kappa shape index (κ3) is 5.49. The van der Waals surface area contributed by atoms with Crippen molar-refractivity contribution in [1.29, 1.82) is 0 Å². The molecule has 0 aliphatic carbocycles. The van der Waals surface area contributed by atoms with Gasteiger partial charge in [-0.1, -0.05) is 6.07 Å². The van der Waals surface area contributed by atoms with Crippen molar-refractivity contribution in [3.63, 3.8) is 0 Å². The Hall–Kier alpha value is -3.00. The molecule has 0 unspecified atom stereocenters. The maximum Gasteiger partial charge on any atom is 0.416 e. The Bertz CT molecular complexity index is 822. The van der Waals surface area contributed by atoms with Crippen molar-refractivity contribution in [3.8, 4) is 0 Å². The minimum atomic E-state index is -4.47. The fraction of sp³-hybridized carbons (Fsp3) is 0.211. The number of hydrogen-bond acceptors (Lipinski definition) is 4. The lowest BCUT2D eigenvalue weighted by Gasteiger charge is -2.19. The number of carbonyl (C=O) groups excluding carboxylic acids is 1. The molecule has 8 heteroatoms. The number of benzene rings is 1. The van der Waals surface area contributed by atoms with Gasteiger partial charge in [-0.3, -0.25) is 9.69 Å². The first kappa shape index (κ1) is 18.8. The van der Waals surface area contributed by atoms with E-state index in [4.69, 9.17) is 8.83 Å². The highest BCUT2D eigenvalue weighted by Crippen LogP contribution is 2.30. The van der Waals surface area contributed by atoms with E-state index in [1.807, 2.05) is 0 Å². The van der Waals surface area contributed by atoms with Crippen LogP contribution in [0.3, 0.4) is 0 Å². The zero-order chi connectivity index (χ0) is 19.3. The molecule has 0 bridgehead atoms. The van der Waals surface area contributed by atoms with Crippen molar-refractivity contribution < 1.29 is 26.8 Å². The fourth-order valence-electron chi connectivity index (χ4n) is 2.59. The molecule has 1 aromatic carbocycles. The van der Waals surface area contributed by atoms with Crippen molar-refractivity contribution in [2.24, 2.45) is 0 Å². The lowest BCUT2D eigenvalue weighted by molar-refractivity contribution is -0.137. The third-order valence-corrected chi connectivity index (χ3v) is 3.76. The third-order valence-electron chi connectivity index (χ3n) is 3.76.